The van der Waals surface area contributed by atoms with E-state index in [1.165, 1.54) is 5.56 Å². The van der Waals surface area contributed by atoms with Crippen molar-refractivity contribution in [2.75, 3.05) is 26.0 Å². The molecule has 138 valence electrons. The van der Waals surface area contributed by atoms with Crippen LogP contribution in [0, 0.1) is 0 Å². The van der Waals surface area contributed by atoms with Crippen LogP contribution in [-0.2, 0) is 10.2 Å². The van der Waals surface area contributed by atoms with Gasteiger partial charge in [0.1, 0.15) is 0 Å². The highest BCUT2D eigenvalue weighted by Gasteiger charge is 2.35. The summed E-state index contributed by atoms with van der Waals surface area (Å²) < 4.78 is 5.55. The first-order valence-corrected chi connectivity index (χ1v) is 10.5. The number of carbonyl (C=O) groups is 1. The predicted octanol–water partition coefficient (Wildman–Crippen LogP) is 5.19. The summed E-state index contributed by atoms with van der Waals surface area (Å²) in [6, 6.07) is 13.4. The summed E-state index contributed by atoms with van der Waals surface area (Å²) in [7, 11) is 0. The normalized spacial score (nSPS) is 16.3. The van der Waals surface area contributed by atoms with Crippen LogP contribution in [0.3, 0.4) is 0 Å². The lowest BCUT2D eigenvalue weighted by atomic mass is 9.74. The van der Waals surface area contributed by atoms with Gasteiger partial charge in [-0.2, -0.15) is 0 Å². The number of rotatable bonds is 5. The molecule has 1 N–H and O–H groups in total. The minimum Gasteiger partial charge on any atom is -0.381 e. The summed E-state index contributed by atoms with van der Waals surface area (Å²) in [6.45, 7) is 1.90. The molecule has 3 nitrogen and oxygen atoms in total. The van der Waals surface area contributed by atoms with Gasteiger partial charge in [0.2, 0.25) is 0 Å². The summed E-state index contributed by atoms with van der Waals surface area (Å²) in [5.41, 5.74) is 1.54. The summed E-state index contributed by atoms with van der Waals surface area (Å²) in [6.07, 6.45) is 3.68. The van der Waals surface area contributed by atoms with Crippen molar-refractivity contribution < 1.29 is 9.53 Å². The van der Waals surface area contributed by atoms with Crippen molar-refractivity contribution in [1.29, 1.82) is 0 Å². The molecule has 0 radical (unpaired) electrons. The zero-order valence-corrected chi connectivity index (χ0v) is 16.9. The quantitative estimate of drug-likeness (QED) is 0.690. The first-order chi connectivity index (χ1) is 12.5. The van der Waals surface area contributed by atoms with E-state index in [0.717, 1.165) is 17.7 Å². The molecule has 26 heavy (non-hydrogen) atoms. The molecule has 0 spiro atoms. The number of hydrogen-bond acceptors (Lipinski definition) is 3. The third-order valence-electron chi connectivity index (χ3n) is 4.91. The monoisotopic (exact) mass is 409 g/mol. The Hall–Kier alpha value is -1.20. The van der Waals surface area contributed by atoms with E-state index >= 15 is 0 Å². The molecule has 1 amide bonds. The summed E-state index contributed by atoms with van der Waals surface area (Å²) in [5.74, 6) is -0.147. The molecule has 0 atom stereocenters. The smallest absolute Gasteiger partial charge is 0.252 e. The van der Waals surface area contributed by atoms with Crippen molar-refractivity contribution in [2.24, 2.45) is 0 Å². The molecule has 1 heterocycles. The molecule has 1 aliphatic heterocycles. The Labute approximate surface area is 168 Å². The Bertz CT molecular complexity index is 774. The molecule has 2 aromatic rings. The van der Waals surface area contributed by atoms with Gasteiger partial charge in [-0.3, -0.25) is 4.79 Å². The molecule has 1 saturated heterocycles. The summed E-state index contributed by atoms with van der Waals surface area (Å²) in [4.78, 5) is 13.8. The molecule has 0 unspecified atom stereocenters. The van der Waals surface area contributed by atoms with E-state index in [-0.39, 0.29) is 11.3 Å². The first-order valence-electron chi connectivity index (χ1n) is 8.50. The highest BCUT2D eigenvalue weighted by molar-refractivity contribution is 7.98. The van der Waals surface area contributed by atoms with Gasteiger partial charge in [-0.25, -0.2) is 0 Å². The molecule has 3 rings (SSSR count). The fourth-order valence-electron chi connectivity index (χ4n) is 3.28. The maximum atomic E-state index is 12.7. The number of halogens is 2. The van der Waals surface area contributed by atoms with Crippen LogP contribution in [-0.4, -0.2) is 31.9 Å². The lowest BCUT2D eigenvalue weighted by molar-refractivity contribution is 0.0487. The second-order valence-corrected chi connectivity index (χ2v) is 8.15. The van der Waals surface area contributed by atoms with Crippen LogP contribution in [0.25, 0.3) is 0 Å². The van der Waals surface area contributed by atoms with E-state index in [9.17, 15) is 4.79 Å². The van der Waals surface area contributed by atoms with Crippen LogP contribution in [0.5, 0.6) is 0 Å². The zero-order chi connectivity index (χ0) is 18.6. The second-order valence-electron chi connectivity index (χ2n) is 6.43. The second kappa shape index (κ2) is 8.66. The number of nitrogens with one attached hydrogen (secondary N) is 1. The molecule has 0 saturated carbocycles. The number of thioether (sulfide) groups is 1. The van der Waals surface area contributed by atoms with E-state index in [2.05, 4.69) is 5.32 Å². The molecule has 1 aliphatic rings. The first kappa shape index (κ1) is 19.6. The van der Waals surface area contributed by atoms with Crippen molar-refractivity contribution in [3.63, 3.8) is 0 Å². The van der Waals surface area contributed by atoms with Gasteiger partial charge in [-0.15, -0.1) is 11.8 Å². The van der Waals surface area contributed by atoms with Crippen molar-refractivity contribution in [3.05, 3.63) is 63.6 Å². The maximum Gasteiger partial charge on any atom is 0.252 e. The third-order valence-corrected chi connectivity index (χ3v) is 6.22. The molecule has 0 aromatic heterocycles. The van der Waals surface area contributed by atoms with Gasteiger partial charge < -0.3 is 10.1 Å². The lowest BCUT2D eigenvalue weighted by Crippen LogP contribution is -2.44. The minimum atomic E-state index is -0.151. The summed E-state index contributed by atoms with van der Waals surface area (Å²) in [5, 5.41) is 4.27. The third kappa shape index (κ3) is 4.37. The summed E-state index contributed by atoms with van der Waals surface area (Å²) >= 11 is 13.9. The molecule has 6 heteroatoms. The SMILES string of the molecule is CSc1ccc(Cl)c(C(=O)NCC2(c3ccc(Cl)cc3)CCOCC2)c1. The standard InChI is InChI=1S/C20H21Cl2NO2S/c1-26-16-6-7-18(22)17(12-16)19(24)23-13-20(8-10-25-11-9-20)14-2-4-15(21)5-3-14/h2-7,12H,8-11,13H2,1H3,(H,23,24). The fourth-order valence-corrected chi connectivity index (χ4v) is 4.05. The minimum absolute atomic E-state index is 0.147. The highest BCUT2D eigenvalue weighted by Crippen LogP contribution is 2.35. The van der Waals surface area contributed by atoms with Crippen LogP contribution >= 0.6 is 35.0 Å². The predicted molar refractivity (Wildman–Crippen MR) is 109 cm³/mol. The average Bonchev–Trinajstić information content (AvgIpc) is 2.68. The van der Waals surface area contributed by atoms with Gasteiger partial charge in [-0.05, 0) is 55.0 Å². The molecular weight excluding hydrogens is 389 g/mol. The number of ether oxygens (including phenoxy) is 1. The van der Waals surface area contributed by atoms with Crippen LogP contribution < -0.4 is 5.32 Å². The van der Waals surface area contributed by atoms with E-state index in [0.29, 0.717) is 35.4 Å². The van der Waals surface area contributed by atoms with E-state index in [1.807, 2.05) is 42.7 Å². The van der Waals surface area contributed by atoms with Gasteiger partial charge in [0.25, 0.3) is 5.91 Å². The van der Waals surface area contributed by atoms with Gasteiger partial charge in [0.15, 0.2) is 0 Å². The maximum absolute atomic E-state index is 12.7. The van der Waals surface area contributed by atoms with Crippen LogP contribution in [0.1, 0.15) is 28.8 Å². The van der Waals surface area contributed by atoms with Gasteiger partial charge in [0.05, 0.1) is 10.6 Å². The molecule has 1 fully saturated rings. The molecule has 0 bridgehead atoms. The number of hydrogen-bond donors (Lipinski definition) is 1. The number of benzene rings is 2. The fraction of sp³-hybridized carbons (Fsp3) is 0.350. The zero-order valence-electron chi connectivity index (χ0n) is 14.6. The Kier molecular flexibility index (Phi) is 6.51. The van der Waals surface area contributed by atoms with Crippen molar-refractivity contribution in [2.45, 2.75) is 23.2 Å². The lowest BCUT2D eigenvalue weighted by Gasteiger charge is -2.38. The van der Waals surface area contributed by atoms with Crippen molar-refractivity contribution in [1.82, 2.24) is 5.32 Å². The largest absolute Gasteiger partial charge is 0.381 e. The Morgan fingerprint density at radius 2 is 1.85 bits per heavy atom. The van der Waals surface area contributed by atoms with Crippen LogP contribution in [0.4, 0.5) is 0 Å². The van der Waals surface area contributed by atoms with E-state index < -0.39 is 0 Å². The average molecular weight is 410 g/mol. The van der Waals surface area contributed by atoms with Gasteiger partial charge in [0, 0.05) is 35.1 Å². The molecular formula is C20H21Cl2NO2S. The van der Waals surface area contributed by atoms with Crippen molar-refractivity contribution in [3.8, 4) is 0 Å². The van der Waals surface area contributed by atoms with Crippen LogP contribution in [0.15, 0.2) is 47.4 Å². The molecule has 2 aromatic carbocycles. The topological polar surface area (TPSA) is 38.3 Å². The Morgan fingerprint density at radius 3 is 2.50 bits per heavy atom. The number of amides is 1. The highest BCUT2D eigenvalue weighted by atomic mass is 35.5. The van der Waals surface area contributed by atoms with Gasteiger partial charge in [-0.1, -0.05) is 35.3 Å². The van der Waals surface area contributed by atoms with Crippen LogP contribution in [0.2, 0.25) is 10.0 Å². The van der Waals surface area contributed by atoms with E-state index in [1.54, 1.807) is 17.8 Å². The Morgan fingerprint density at radius 1 is 1.15 bits per heavy atom. The van der Waals surface area contributed by atoms with Gasteiger partial charge >= 0.3 is 0 Å². The van der Waals surface area contributed by atoms with Crippen molar-refractivity contribution >= 4 is 40.9 Å². The van der Waals surface area contributed by atoms with E-state index in [4.69, 9.17) is 27.9 Å². The number of carbonyl (C=O) groups excluding carboxylic acids is 1. The molecule has 0 aliphatic carbocycles. The Balaban J connectivity index is 1.80.